The van der Waals surface area contributed by atoms with Gasteiger partial charge in [0.1, 0.15) is 0 Å². The monoisotopic (exact) mass is 309 g/mol. The molecular weight excluding hydrogens is 282 g/mol. The Kier molecular flexibility index (Phi) is 7.27. The van der Waals surface area contributed by atoms with Gasteiger partial charge in [-0.15, -0.1) is 6.58 Å². The van der Waals surface area contributed by atoms with Crippen molar-refractivity contribution in [2.24, 2.45) is 0 Å². The molecule has 1 N–H and O–H groups in total. The Labute approximate surface area is 140 Å². The molecule has 2 aromatic carbocycles. The smallest absolute Gasteiger partial charge is 0.195 e. The minimum Gasteiger partial charge on any atom is -0.385 e. The highest BCUT2D eigenvalue weighted by atomic mass is 16.1. The molecule has 0 aromatic heterocycles. The number of para-hydroxylation sites is 1. The molecule has 2 heteroatoms. The number of carbonyl (C=O) groups is 1. The van der Waals surface area contributed by atoms with Gasteiger partial charge < -0.3 is 5.32 Å². The van der Waals surface area contributed by atoms with E-state index in [9.17, 15) is 4.79 Å². The highest BCUT2D eigenvalue weighted by Crippen LogP contribution is 2.21. The van der Waals surface area contributed by atoms with Crippen molar-refractivity contribution in [1.29, 1.82) is 0 Å². The number of benzene rings is 2. The number of ketones is 1. The van der Waals surface area contributed by atoms with Crippen LogP contribution in [0.5, 0.6) is 0 Å². The normalized spacial score (nSPS) is 9.61. The van der Waals surface area contributed by atoms with E-state index in [1.54, 1.807) is 0 Å². The number of allylic oxidation sites excluding steroid dienone is 1. The summed E-state index contributed by atoms with van der Waals surface area (Å²) in [4.78, 5) is 12.6. The second kappa shape index (κ2) is 8.94. The second-order valence-corrected chi connectivity index (χ2v) is 5.93. The summed E-state index contributed by atoms with van der Waals surface area (Å²) in [5.41, 5.74) is 5.77. The molecule has 23 heavy (non-hydrogen) atoms. The molecule has 0 bridgehead atoms. The van der Waals surface area contributed by atoms with Crippen molar-refractivity contribution < 1.29 is 4.79 Å². The van der Waals surface area contributed by atoms with E-state index in [0.29, 0.717) is 0 Å². The Balaban J connectivity index is 0.000000593. The lowest BCUT2D eigenvalue weighted by atomic mass is 9.96. The molecule has 2 nitrogen and oxygen atoms in total. The molecule has 0 spiro atoms. The average molecular weight is 309 g/mol. The summed E-state index contributed by atoms with van der Waals surface area (Å²) < 4.78 is 0. The first-order chi connectivity index (χ1) is 10.9. The lowest BCUT2D eigenvalue weighted by molar-refractivity contribution is 0.103. The van der Waals surface area contributed by atoms with Crippen molar-refractivity contribution in [3.8, 4) is 0 Å². The molecule has 0 aliphatic rings. The van der Waals surface area contributed by atoms with Crippen molar-refractivity contribution in [3.63, 3.8) is 0 Å². The summed E-state index contributed by atoms with van der Waals surface area (Å²) in [6.45, 7) is 14.3. The summed E-state index contributed by atoms with van der Waals surface area (Å²) in [5.74, 6) is 0.0778. The molecule has 0 unspecified atom stereocenters. The van der Waals surface area contributed by atoms with Crippen LogP contribution in [-0.2, 0) is 0 Å². The van der Waals surface area contributed by atoms with Crippen LogP contribution in [0.25, 0.3) is 0 Å². The SMILES string of the molecule is C=C(C)C.CCNc1ccccc1C(=O)c1ccc(C)cc1C. The predicted octanol–water partition coefficient (Wildman–Crippen LogP) is 5.55. The van der Waals surface area contributed by atoms with Crippen molar-refractivity contribution in [3.05, 3.63) is 76.9 Å². The van der Waals surface area contributed by atoms with Crippen molar-refractivity contribution >= 4 is 11.5 Å². The number of nitrogens with one attached hydrogen (secondary N) is 1. The molecule has 0 fully saturated rings. The Morgan fingerprint density at radius 3 is 2.22 bits per heavy atom. The maximum Gasteiger partial charge on any atom is 0.195 e. The van der Waals surface area contributed by atoms with Gasteiger partial charge in [0.2, 0.25) is 0 Å². The molecule has 0 atom stereocenters. The topological polar surface area (TPSA) is 29.1 Å². The summed E-state index contributed by atoms with van der Waals surface area (Å²) in [5, 5.41) is 3.24. The fraction of sp³-hybridized carbons (Fsp3) is 0.286. The predicted molar refractivity (Wildman–Crippen MR) is 100 cm³/mol. The molecule has 2 rings (SSSR count). The number of rotatable bonds is 4. The Bertz CT molecular complexity index is 682. The van der Waals surface area contributed by atoms with Gasteiger partial charge in [0, 0.05) is 23.4 Å². The highest BCUT2D eigenvalue weighted by molar-refractivity contribution is 6.13. The van der Waals surface area contributed by atoms with Crippen LogP contribution in [0.1, 0.15) is 47.8 Å². The summed E-state index contributed by atoms with van der Waals surface area (Å²) in [6, 6.07) is 13.6. The van der Waals surface area contributed by atoms with Crippen LogP contribution >= 0.6 is 0 Å². The molecule has 2 aromatic rings. The maximum atomic E-state index is 12.6. The van der Waals surface area contributed by atoms with Crippen LogP contribution in [-0.4, -0.2) is 12.3 Å². The second-order valence-electron chi connectivity index (χ2n) is 5.93. The van der Waals surface area contributed by atoms with Crippen LogP contribution in [0.15, 0.2) is 54.6 Å². The van der Waals surface area contributed by atoms with Crippen molar-refractivity contribution in [2.75, 3.05) is 11.9 Å². The molecule has 0 amide bonds. The van der Waals surface area contributed by atoms with Gasteiger partial charge in [-0.1, -0.05) is 41.5 Å². The minimum atomic E-state index is 0.0778. The number of anilines is 1. The number of hydrogen-bond donors (Lipinski definition) is 1. The zero-order chi connectivity index (χ0) is 17.4. The molecule has 0 heterocycles. The van der Waals surface area contributed by atoms with Crippen LogP contribution < -0.4 is 5.32 Å². The van der Waals surface area contributed by atoms with Crippen molar-refractivity contribution in [2.45, 2.75) is 34.6 Å². The fourth-order valence-electron chi connectivity index (χ4n) is 2.24. The standard InChI is InChI=1S/C17H19NO.C4H8/c1-4-18-16-8-6-5-7-15(16)17(19)14-10-9-12(2)11-13(14)3;1-4(2)3/h5-11,18H,4H2,1-3H3;1H2,2-3H3. The summed E-state index contributed by atoms with van der Waals surface area (Å²) in [6.07, 6.45) is 0. The van der Waals surface area contributed by atoms with Crippen LogP contribution in [0, 0.1) is 13.8 Å². The van der Waals surface area contributed by atoms with E-state index in [2.05, 4.69) is 11.9 Å². The third-order valence-electron chi connectivity index (χ3n) is 3.17. The molecule has 122 valence electrons. The van der Waals surface area contributed by atoms with Gasteiger partial charge in [-0.3, -0.25) is 4.79 Å². The van der Waals surface area contributed by atoms with E-state index < -0.39 is 0 Å². The Hall–Kier alpha value is -2.35. The third kappa shape index (κ3) is 5.74. The first-order valence-electron chi connectivity index (χ1n) is 7.93. The first-order valence-corrected chi connectivity index (χ1v) is 7.93. The van der Waals surface area contributed by atoms with E-state index in [4.69, 9.17) is 0 Å². The summed E-state index contributed by atoms with van der Waals surface area (Å²) in [7, 11) is 0. The number of aryl methyl sites for hydroxylation is 2. The zero-order valence-corrected chi connectivity index (χ0v) is 14.9. The minimum absolute atomic E-state index is 0.0778. The van der Waals surface area contributed by atoms with E-state index >= 15 is 0 Å². The van der Waals surface area contributed by atoms with Gasteiger partial charge in [-0.25, -0.2) is 0 Å². The van der Waals surface area contributed by atoms with Crippen molar-refractivity contribution in [1.82, 2.24) is 0 Å². The quantitative estimate of drug-likeness (QED) is 0.592. The molecule has 0 aliphatic carbocycles. The van der Waals surface area contributed by atoms with E-state index in [1.165, 1.54) is 11.1 Å². The lowest BCUT2D eigenvalue weighted by Gasteiger charge is -2.11. The van der Waals surface area contributed by atoms with Gasteiger partial charge in [0.05, 0.1) is 0 Å². The van der Waals surface area contributed by atoms with Crippen LogP contribution in [0.2, 0.25) is 0 Å². The van der Waals surface area contributed by atoms with Gasteiger partial charge in [-0.05, 0) is 52.3 Å². The zero-order valence-electron chi connectivity index (χ0n) is 14.9. The Morgan fingerprint density at radius 2 is 1.65 bits per heavy atom. The molecular formula is C21H27NO. The van der Waals surface area contributed by atoms with Gasteiger partial charge >= 0.3 is 0 Å². The molecule has 0 radical (unpaired) electrons. The fourth-order valence-corrected chi connectivity index (χ4v) is 2.24. The summed E-state index contributed by atoms with van der Waals surface area (Å²) >= 11 is 0. The third-order valence-corrected chi connectivity index (χ3v) is 3.17. The molecule has 0 aliphatic heterocycles. The highest BCUT2D eigenvalue weighted by Gasteiger charge is 2.14. The average Bonchev–Trinajstić information content (AvgIpc) is 2.47. The first kappa shape index (κ1) is 18.7. The van der Waals surface area contributed by atoms with E-state index in [1.807, 2.05) is 77.1 Å². The molecule has 0 saturated carbocycles. The van der Waals surface area contributed by atoms with Gasteiger partial charge in [0.25, 0.3) is 0 Å². The van der Waals surface area contributed by atoms with Gasteiger partial charge in [0.15, 0.2) is 5.78 Å². The molecule has 0 saturated heterocycles. The van der Waals surface area contributed by atoms with Crippen LogP contribution in [0.3, 0.4) is 0 Å². The maximum absolute atomic E-state index is 12.6. The van der Waals surface area contributed by atoms with Crippen LogP contribution in [0.4, 0.5) is 5.69 Å². The lowest BCUT2D eigenvalue weighted by Crippen LogP contribution is -2.08. The largest absolute Gasteiger partial charge is 0.385 e. The van der Waals surface area contributed by atoms with E-state index in [0.717, 1.165) is 28.9 Å². The van der Waals surface area contributed by atoms with E-state index in [-0.39, 0.29) is 5.78 Å². The number of hydrogen-bond acceptors (Lipinski definition) is 2. The Morgan fingerprint density at radius 1 is 1.04 bits per heavy atom. The number of carbonyl (C=O) groups excluding carboxylic acids is 1. The van der Waals surface area contributed by atoms with Gasteiger partial charge in [-0.2, -0.15) is 0 Å².